The van der Waals surface area contributed by atoms with Crippen molar-refractivity contribution < 1.29 is 9.90 Å². The number of carboxylic acids is 1. The molecule has 0 amide bonds. The largest absolute Gasteiger partial charge is 0.478 e. The number of rotatable bonds is 8. The van der Waals surface area contributed by atoms with Crippen molar-refractivity contribution in [3.8, 4) is 0 Å². The molecular formula is C29H38Cl2N2O2. The van der Waals surface area contributed by atoms with Gasteiger partial charge in [0.05, 0.1) is 5.56 Å². The second kappa shape index (κ2) is 11.9. The third-order valence-electron chi connectivity index (χ3n) is 8.16. The molecule has 2 aromatic rings. The molecule has 190 valence electrons. The lowest BCUT2D eigenvalue weighted by molar-refractivity contribution is 0.00296. The minimum absolute atomic E-state index is 0. The van der Waals surface area contributed by atoms with Crippen LogP contribution in [0.25, 0.3) is 6.08 Å². The summed E-state index contributed by atoms with van der Waals surface area (Å²) >= 11 is 0. The highest BCUT2D eigenvalue weighted by Crippen LogP contribution is 2.51. The predicted octanol–water partition coefficient (Wildman–Crippen LogP) is 6.44. The normalized spacial score (nSPS) is 23.6. The van der Waals surface area contributed by atoms with Crippen LogP contribution in [-0.2, 0) is 6.54 Å². The van der Waals surface area contributed by atoms with E-state index >= 15 is 0 Å². The Kier molecular flexibility index (Phi) is 9.45. The zero-order valence-corrected chi connectivity index (χ0v) is 22.1. The van der Waals surface area contributed by atoms with Gasteiger partial charge in [0.25, 0.3) is 0 Å². The number of likely N-dealkylation sites (tertiary alicyclic amines) is 1. The summed E-state index contributed by atoms with van der Waals surface area (Å²) in [5.41, 5.74) is 5.05. The summed E-state index contributed by atoms with van der Waals surface area (Å²) in [6.45, 7) is 5.52. The lowest BCUT2D eigenvalue weighted by atomic mass is 9.60. The number of halogens is 2. The smallest absolute Gasteiger partial charge is 0.335 e. The molecule has 2 aromatic carbocycles. The molecule has 2 atom stereocenters. The predicted molar refractivity (Wildman–Crippen MR) is 148 cm³/mol. The Morgan fingerprint density at radius 3 is 2.31 bits per heavy atom. The third kappa shape index (κ3) is 6.68. The van der Waals surface area contributed by atoms with Crippen LogP contribution >= 0.6 is 24.8 Å². The summed E-state index contributed by atoms with van der Waals surface area (Å²) in [5, 5.41) is 13.0. The maximum absolute atomic E-state index is 11.0. The van der Waals surface area contributed by atoms with E-state index in [4.69, 9.17) is 5.11 Å². The SMILES string of the molecule is CC/C(=C\c1ccccc1)[C@@H]1C[C@H]1NC1CC2(CCN(Cc3ccc(C(=O)O)cc3)CC2)C1.Cl.Cl. The highest BCUT2D eigenvalue weighted by atomic mass is 35.5. The van der Waals surface area contributed by atoms with Gasteiger partial charge in [-0.15, -0.1) is 24.8 Å². The van der Waals surface area contributed by atoms with E-state index in [1.165, 1.54) is 43.2 Å². The molecular weight excluding hydrogens is 479 g/mol. The van der Waals surface area contributed by atoms with Gasteiger partial charge in [0.1, 0.15) is 0 Å². The maximum Gasteiger partial charge on any atom is 0.335 e. The van der Waals surface area contributed by atoms with E-state index in [9.17, 15) is 4.79 Å². The van der Waals surface area contributed by atoms with Crippen LogP contribution in [0.4, 0.5) is 0 Å². The Hall–Kier alpha value is -1.85. The number of aromatic carboxylic acids is 1. The molecule has 2 aliphatic carbocycles. The lowest BCUT2D eigenvalue weighted by Gasteiger charge is -2.52. The number of hydrogen-bond donors (Lipinski definition) is 2. The molecule has 0 unspecified atom stereocenters. The first kappa shape index (κ1) is 27.7. The van der Waals surface area contributed by atoms with Crippen molar-refractivity contribution in [2.24, 2.45) is 11.3 Å². The summed E-state index contributed by atoms with van der Waals surface area (Å²) < 4.78 is 0. The van der Waals surface area contributed by atoms with Crippen LogP contribution in [0.3, 0.4) is 0 Å². The zero-order valence-electron chi connectivity index (χ0n) is 20.5. The number of nitrogens with one attached hydrogen (secondary N) is 1. The van der Waals surface area contributed by atoms with Gasteiger partial charge in [-0.2, -0.15) is 0 Å². The molecule has 0 radical (unpaired) electrons. The first-order valence-electron chi connectivity index (χ1n) is 12.6. The van der Waals surface area contributed by atoms with Crippen molar-refractivity contribution in [1.82, 2.24) is 10.2 Å². The highest BCUT2D eigenvalue weighted by molar-refractivity contribution is 5.87. The second-order valence-corrected chi connectivity index (χ2v) is 10.5. The summed E-state index contributed by atoms with van der Waals surface area (Å²) in [7, 11) is 0. The van der Waals surface area contributed by atoms with Crippen LogP contribution in [0.5, 0.6) is 0 Å². The fourth-order valence-corrected chi connectivity index (χ4v) is 6.03. The first-order valence-corrected chi connectivity index (χ1v) is 12.6. The van der Waals surface area contributed by atoms with E-state index in [1.807, 2.05) is 12.1 Å². The monoisotopic (exact) mass is 516 g/mol. The summed E-state index contributed by atoms with van der Waals surface area (Å²) in [4.78, 5) is 13.6. The minimum Gasteiger partial charge on any atom is -0.478 e. The molecule has 0 bridgehead atoms. The van der Waals surface area contributed by atoms with Crippen LogP contribution in [-0.4, -0.2) is 41.1 Å². The van der Waals surface area contributed by atoms with Crippen molar-refractivity contribution in [1.29, 1.82) is 0 Å². The summed E-state index contributed by atoms with van der Waals surface area (Å²) in [6, 6.07) is 19.5. The number of carbonyl (C=O) groups is 1. The van der Waals surface area contributed by atoms with Crippen LogP contribution in [0.1, 0.15) is 66.9 Å². The Labute approximate surface area is 222 Å². The van der Waals surface area contributed by atoms with Crippen LogP contribution in [0, 0.1) is 11.3 Å². The van der Waals surface area contributed by atoms with Gasteiger partial charge in [-0.05, 0) is 86.2 Å². The van der Waals surface area contributed by atoms with Crippen molar-refractivity contribution in [2.75, 3.05) is 13.1 Å². The number of hydrogen-bond acceptors (Lipinski definition) is 3. The topological polar surface area (TPSA) is 52.6 Å². The quantitative estimate of drug-likeness (QED) is 0.423. The van der Waals surface area contributed by atoms with Gasteiger partial charge in [-0.3, -0.25) is 4.90 Å². The molecule has 5 rings (SSSR count). The molecule has 1 aliphatic heterocycles. The first-order chi connectivity index (χ1) is 16.0. The van der Waals surface area contributed by atoms with Crippen LogP contribution in [0.15, 0.2) is 60.2 Å². The van der Waals surface area contributed by atoms with Gasteiger partial charge in [0.15, 0.2) is 0 Å². The molecule has 6 heteroatoms. The average Bonchev–Trinajstić information content (AvgIpc) is 3.58. The molecule has 4 nitrogen and oxygen atoms in total. The van der Waals surface area contributed by atoms with Gasteiger partial charge in [-0.1, -0.05) is 61.0 Å². The summed E-state index contributed by atoms with van der Waals surface area (Å²) in [5.74, 6) is -0.133. The van der Waals surface area contributed by atoms with Crippen molar-refractivity contribution in [3.63, 3.8) is 0 Å². The Balaban J connectivity index is 0.00000171. The van der Waals surface area contributed by atoms with Gasteiger partial charge >= 0.3 is 5.97 Å². The van der Waals surface area contributed by atoms with E-state index in [-0.39, 0.29) is 24.8 Å². The van der Waals surface area contributed by atoms with Gasteiger partial charge in [0, 0.05) is 18.6 Å². The van der Waals surface area contributed by atoms with E-state index in [0.29, 0.717) is 23.1 Å². The van der Waals surface area contributed by atoms with Crippen LogP contribution < -0.4 is 5.32 Å². The molecule has 2 N–H and O–H groups in total. The van der Waals surface area contributed by atoms with E-state index < -0.39 is 5.97 Å². The Morgan fingerprint density at radius 2 is 1.71 bits per heavy atom. The van der Waals surface area contributed by atoms with Gasteiger partial charge < -0.3 is 10.4 Å². The minimum atomic E-state index is -0.856. The maximum atomic E-state index is 11.0. The third-order valence-corrected chi connectivity index (χ3v) is 8.16. The molecule has 1 spiro atoms. The molecule has 35 heavy (non-hydrogen) atoms. The van der Waals surface area contributed by atoms with E-state index in [2.05, 4.69) is 53.5 Å². The summed E-state index contributed by atoms with van der Waals surface area (Å²) in [6.07, 6.45) is 10.1. The molecule has 3 fully saturated rings. The highest BCUT2D eigenvalue weighted by Gasteiger charge is 2.49. The zero-order chi connectivity index (χ0) is 22.8. The van der Waals surface area contributed by atoms with Crippen molar-refractivity contribution in [2.45, 2.75) is 64.1 Å². The van der Waals surface area contributed by atoms with E-state index in [1.54, 1.807) is 17.7 Å². The Morgan fingerprint density at radius 1 is 1.06 bits per heavy atom. The fourth-order valence-electron chi connectivity index (χ4n) is 6.03. The van der Waals surface area contributed by atoms with Crippen LogP contribution in [0.2, 0.25) is 0 Å². The van der Waals surface area contributed by atoms with Crippen molar-refractivity contribution >= 4 is 36.9 Å². The molecule has 0 aromatic heterocycles. The Bertz CT molecular complexity index is 993. The molecule has 1 saturated heterocycles. The number of benzene rings is 2. The van der Waals surface area contributed by atoms with Gasteiger partial charge in [-0.25, -0.2) is 4.79 Å². The lowest BCUT2D eigenvalue weighted by Crippen LogP contribution is -2.54. The molecule has 2 saturated carbocycles. The average molecular weight is 518 g/mol. The van der Waals surface area contributed by atoms with Gasteiger partial charge in [0.2, 0.25) is 0 Å². The fraction of sp³-hybridized carbons (Fsp3) is 0.483. The second-order valence-electron chi connectivity index (χ2n) is 10.5. The number of piperidine rings is 1. The molecule has 1 heterocycles. The molecule has 3 aliphatic rings. The van der Waals surface area contributed by atoms with Crippen molar-refractivity contribution in [3.05, 3.63) is 76.9 Å². The number of carboxylic acid groups (broad SMARTS) is 1. The van der Waals surface area contributed by atoms with E-state index in [0.717, 1.165) is 32.0 Å². The standard InChI is InChI=1S/C29H36N2O2.2ClH/c1-2-23(16-21-6-4-3-5-7-21)26-17-27(26)30-25-18-29(19-25)12-14-31(15-13-29)20-22-8-10-24(11-9-22)28(32)33;;/h3-11,16,25-27,30H,2,12-15,17-20H2,1H3,(H,32,33);2*1H/b23-16+;;/t26-,27+;;/m0../s1. The number of nitrogens with zero attached hydrogens (tertiary/aromatic N) is 1.